The molecule has 2 rings (SSSR count). The maximum atomic E-state index is 12.5. The maximum Gasteiger partial charge on any atom is 0.253 e. The maximum absolute atomic E-state index is 12.5. The number of hydrogen-bond donors (Lipinski definition) is 1. The first-order valence-electron chi connectivity index (χ1n) is 7.15. The Balaban J connectivity index is 2.13. The average molecular weight is 260 g/mol. The summed E-state index contributed by atoms with van der Waals surface area (Å²) < 4.78 is 0. The summed E-state index contributed by atoms with van der Waals surface area (Å²) in [6.45, 7) is 7.84. The third-order valence-electron chi connectivity index (χ3n) is 4.36. The topological polar surface area (TPSA) is 46.3 Å². The van der Waals surface area contributed by atoms with Crippen molar-refractivity contribution in [2.45, 2.75) is 39.7 Å². The van der Waals surface area contributed by atoms with Crippen LogP contribution >= 0.6 is 0 Å². The van der Waals surface area contributed by atoms with Crippen molar-refractivity contribution in [1.29, 1.82) is 0 Å². The molecule has 3 nitrogen and oxygen atoms in total. The largest absolute Gasteiger partial charge is 0.338 e. The molecular weight excluding hydrogens is 236 g/mol. The Morgan fingerprint density at radius 1 is 1.37 bits per heavy atom. The third-order valence-corrected chi connectivity index (χ3v) is 4.36. The highest BCUT2D eigenvalue weighted by atomic mass is 16.2. The van der Waals surface area contributed by atoms with Crippen LogP contribution in [0.1, 0.15) is 41.3 Å². The van der Waals surface area contributed by atoms with Crippen LogP contribution in [0.4, 0.5) is 0 Å². The van der Waals surface area contributed by atoms with Crippen molar-refractivity contribution in [2.24, 2.45) is 11.7 Å². The van der Waals surface area contributed by atoms with Gasteiger partial charge in [-0.3, -0.25) is 4.79 Å². The van der Waals surface area contributed by atoms with Gasteiger partial charge in [0, 0.05) is 24.7 Å². The molecule has 0 radical (unpaired) electrons. The summed E-state index contributed by atoms with van der Waals surface area (Å²) in [5.41, 5.74) is 9.29. The van der Waals surface area contributed by atoms with Crippen LogP contribution in [0.15, 0.2) is 18.2 Å². The van der Waals surface area contributed by atoms with Crippen molar-refractivity contribution >= 4 is 5.91 Å². The first-order chi connectivity index (χ1) is 9.02. The first kappa shape index (κ1) is 14.1. The van der Waals surface area contributed by atoms with Gasteiger partial charge in [0.1, 0.15) is 0 Å². The van der Waals surface area contributed by atoms with E-state index in [1.54, 1.807) is 0 Å². The van der Waals surface area contributed by atoms with E-state index in [9.17, 15) is 4.79 Å². The molecule has 0 spiro atoms. The van der Waals surface area contributed by atoms with Gasteiger partial charge in [0.05, 0.1) is 0 Å². The molecule has 1 aromatic carbocycles. The molecule has 1 aromatic rings. The highest BCUT2D eigenvalue weighted by molar-refractivity contribution is 5.94. The minimum absolute atomic E-state index is 0.147. The standard InChI is InChI=1S/C16H24N2O/c1-4-13-10-18(8-7-15(13)17)16(19)14-6-5-11(2)12(3)9-14/h5-6,9,13,15H,4,7-8,10,17H2,1-3H3. The second kappa shape index (κ2) is 5.74. The van der Waals surface area contributed by atoms with Gasteiger partial charge in [-0.15, -0.1) is 0 Å². The van der Waals surface area contributed by atoms with E-state index in [0.717, 1.165) is 31.5 Å². The van der Waals surface area contributed by atoms with Crippen LogP contribution in [0.5, 0.6) is 0 Å². The fourth-order valence-corrected chi connectivity index (χ4v) is 2.72. The van der Waals surface area contributed by atoms with Crippen molar-refractivity contribution in [1.82, 2.24) is 4.90 Å². The molecule has 0 bridgehead atoms. The van der Waals surface area contributed by atoms with Gasteiger partial charge in [-0.2, -0.15) is 0 Å². The van der Waals surface area contributed by atoms with E-state index in [2.05, 4.69) is 13.8 Å². The van der Waals surface area contributed by atoms with Crippen molar-refractivity contribution in [2.75, 3.05) is 13.1 Å². The zero-order valence-electron chi connectivity index (χ0n) is 12.1. The lowest BCUT2D eigenvalue weighted by molar-refractivity contribution is 0.0649. The third kappa shape index (κ3) is 2.98. The second-order valence-corrected chi connectivity index (χ2v) is 5.67. The summed E-state index contributed by atoms with van der Waals surface area (Å²) in [5, 5.41) is 0. The van der Waals surface area contributed by atoms with Crippen molar-refractivity contribution in [3.8, 4) is 0 Å². The van der Waals surface area contributed by atoms with Crippen LogP contribution in [0, 0.1) is 19.8 Å². The Morgan fingerprint density at radius 2 is 2.11 bits per heavy atom. The van der Waals surface area contributed by atoms with Crippen molar-refractivity contribution in [3.05, 3.63) is 34.9 Å². The number of likely N-dealkylation sites (tertiary alicyclic amines) is 1. The van der Waals surface area contributed by atoms with Crippen LogP contribution in [0.2, 0.25) is 0 Å². The van der Waals surface area contributed by atoms with Crippen LogP contribution in [-0.2, 0) is 0 Å². The molecule has 19 heavy (non-hydrogen) atoms. The second-order valence-electron chi connectivity index (χ2n) is 5.67. The highest BCUT2D eigenvalue weighted by Crippen LogP contribution is 2.21. The minimum Gasteiger partial charge on any atom is -0.338 e. The van der Waals surface area contributed by atoms with Crippen LogP contribution in [-0.4, -0.2) is 29.9 Å². The summed E-state index contributed by atoms with van der Waals surface area (Å²) in [6, 6.07) is 6.19. The molecule has 1 amide bonds. The van der Waals surface area contributed by atoms with Gasteiger partial charge in [0.2, 0.25) is 0 Å². The molecule has 1 saturated heterocycles. The van der Waals surface area contributed by atoms with E-state index in [1.807, 2.05) is 30.0 Å². The number of benzene rings is 1. The van der Waals surface area contributed by atoms with Crippen LogP contribution in [0.25, 0.3) is 0 Å². The molecule has 0 aromatic heterocycles. The molecule has 1 aliphatic heterocycles. The van der Waals surface area contributed by atoms with E-state index >= 15 is 0 Å². The highest BCUT2D eigenvalue weighted by Gasteiger charge is 2.28. The van der Waals surface area contributed by atoms with Crippen molar-refractivity contribution < 1.29 is 4.79 Å². The predicted molar refractivity (Wildman–Crippen MR) is 78.2 cm³/mol. The van der Waals surface area contributed by atoms with Crippen molar-refractivity contribution in [3.63, 3.8) is 0 Å². The van der Waals surface area contributed by atoms with Crippen LogP contribution < -0.4 is 5.73 Å². The van der Waals surface area contributed by atoms with E-state index in [-0.39, 0.29) is 11.9 Å². The van der Waals surface area contributed by atoms with Gasteiger partial charge in [0.25, 0.3) is 5.91 Å². The summed E-state index contributed by atoms with van der Waals surface area (Å²) in [7, 11) is 0. The number of nitrogens with two attached hydrogens (primary N) is 1. The molecule has 1 aliphatic rings. The lowest BCUT2D eigenvalue weighted by Gasteiger charge is -2.36. The Bertz CT molecular complexity index is 470. The Morgan fingerprint density at radius 3 is 2.74 bits per heavy atom. The fourth-order valence-electron chi connectivity index (χ4n) is 2.72. The molecule has 0 saturated carbocycles. The quantitative estimate of drug-likeness (QED) is 0.888. The molecule has 2 unspecified atom stereocenters. The SMILES string of the molecule is CCC1CN(C(=O)c2ccc(C)c(C)c2)CCC1N. The van der Waals surface area contributed by atoms with Gasteiger partial charge < -0.3 is 10.6 Å². The number of amides is 1. The molecule has 1 heterocycles. The molecular formula is C16H24N2O. The number of aryl methyl sites for hydroxylation is 2. The zero-order valence-corrected chi connectivity index (χ0v) is 12.1. The number of hydrogen-bond acceptors (Lipinski definition) is 2. The number of carbonyl (C=O) groups excluding carboxylic acids is 1. The van der Waals surface area contributed by atoms with E-state index in [0.29, 0.717) is 5.92 Å². The number of rotatable bonds is 2. The number of nitrogens with zero attached hydrogens (tertiary/aromatic N) is 1. The molecule has 2 atom stereocenters. The van der Waals surface area contributed by atoms with Crippen LogP contribution in [0.3, 0.4) is 0 Å². The molecule has 1 fully saturated rings. The van der Waals surface area contributed by atoms with Gasteiger partial charge in [0.15, 0.2) is 0 Å². The van der Waals surface area contributed by atoms with Gasteiger partial charge >= 0.3 is 0 Å². The zero-order chi connectivity index (χ0) is 14.0. The summed E-state index contributed by atoms with van der Waals surface area (Å²) in [5.74, 6) is 0.581. The minimum atomic E-state index is 0.147. The smallest absolute Gasteiger partial charge is 0.253 e. The lowest BCUT2D eigenvalue weighted by Crippen LogP contribution is -2.49. The lowest BCUT2D eigenvalue weighted by atomic mass is 9.90. The number of carbonyl (C=O) groups is 1. The van der Waals surface area contributed by atoms with Gasteiger partial charge in [-0.05, 0) is 49.4 Å². The summed E-state index contributed by atoms with van der Waals surface area (Å²) in [4.78, 5) is 14.5. The molecule has 104 valence electrons. The average Bonchev–Trinajstić information content (AvgIpc) is 2.41. The van der Waals surface area contributed by atoms with E-state index in [4.69, 9.17) is 5.73 Å². The molecule has 0 aliphatic carbocycles. The Kier molecular flexibility index (Phi) is 4.25. The summed E-state index contributed by atoms with van der Waals surface area (Å²) >= 11 is 0. The summed E-state index contributed by atoms with van der Waals surface area (Å²) in [6.07, 6.45) is 1.95. The fraction of sp³-hybridized carbons (Fsp3) is 0.562. The number of piperidine rings is 1. The molecule has 2 N–H and O–H groups in total. The Hall–Kier alpha value is -1.35. The van der Waals surface area contributed by atoms with Gasteiger partial charge in [-0.1, -0.05) is 19.4 Å². The Labute approximate surface area is 115 Å². The molecule has 3 heteroatoms. The van der Waals surface area contributed by atoms with E-state index in [1.165, 1.54) is 11.1 Å². The van der Waals surface area contributed by atoms with E-state index < -0.39 is 0 Å². The normalized spacial score (nSPS) is 23.5. The first-order valence-corrected chi connectivity index (χ1v) is 7.15. The monoisotopic (exact) mass is 260 g/mol. The van der Waals surface area contributed by atoms with Gasteiger partial charge in [-0.25, -0.2) is 0 Å². The predicted octanol–water partition coefficient (Wildman–Crippen LogP) is 2.50.